The van der Waals surface area contributed by atoms with Crippen molar-refractivity contribution in [2.45, 2.75) is 11.8 Å². The molecule has 1 rings (SSSR count). The Labute approximate surface area is 93.8 Å². The Hall–Kier alpha value is -1.66. The standard InChI is InChI=1S/C10H12N2O3S/c1-6(2)10(13)8-5-7(11)3-4-9(8)16(12,14)15/h3-5H,1,11H2,2H3,(H2,12,14,15). The lowest BCUT2D eigenvalue weighted by Gasteiger charge is -2.07. The molecule has 6 heteroatoms. The monoisotopic (exact) mass is 240 g/mol. The molecule has 5 nitrogen and oxygen atoms in total. The van der Waals surface area contributed by atoms with E-state index in [-0.39, 0.29) is 21.7 Å². The number of benzene rings is 1. The fourth-order valence-electron chi connectivity index (χ4n) is 1.20. The number of sulfonamides is 1. The predicted octanol–water partition coefficient (Wildman–Crippen LogP) is 0.675. The van der Waals surface area contributed by atoms with Crippen LogP contribution in [0, 0.1) is 0 Å². The Bertz CT molecular complexity index is 561. The number of ketones is 1. The lowest BCUT2D eigenvalue weighted by atomic mass is 10.1. The number of rotatable bonds is 3. The summed E-state index contributed by atoms with van der Waals surface area (Å²) in [5.74, 6) is -0.490. The number of anilines is 1. The molecule has 0 aliphatic heterocycles. The zero-order chi connectivity index (χ0) is 12.5. The molecular weight excluding hydrogens is 228 g/mol. The largest absolute Gasteiger partial charge is 0.399 e. The van der Waals surface area contributed by atoms with E-state index in [2.05, 4.69) is 6.58 Å². The highest BCUT2D eigenvalue weighted by Crippen LogP contribution is 2.20. The number of allylic oxidation sites excluding steroid dienone is 1. The number of hydrogen-bond acceptors (Lipinski definition) is 4. The second kappa shape index (κ2) is 4.07. The van der Waals surface area contributed by atoms with Gasteiger partial charge < -0.3 is 5.73 Å². The summed E-state index contributed by atoms with van der Waals surface area (Å²) < 4.78 is 22.5. The maximum Gasteiger partial charge on any atom is 0.238 e. The van der Waals surface area contributed by atoms with Gasteiger partial charge in [-0.2, -0.15) is 0 Å². The van der Waals surface area contributed by atoms with Gasteiger partial charge >= 0.3 is 0 Å². The van der Waals surface area contributed by atoms with Crippen LogP contribution in [0.1, 0.15) is 17.3 Å². The molecule has 0 aliphatic rings. The minimum atomic E-state index is -3.95. The molecule has 0 fully saturated rings. The van der Waals surface area contributed by atoms with Crippen LogP contribution in [0.4, 0.5) is 5.69 Å². The molecule has 0 bridgehead atoms. The molecular formula is C10H12N2O3S. The zero-order valence-electron chi connectivity index (χ0n) is 8.73. The van der Waals surface area contributed by atoms with Crippen LogP contribution in [0.5, 0.6) is 0 Å². The minimum absolute atomic E-state index is 0.0463. The topological polar surface area (TPSA) is 103 Å². The second-order valence-corrected chi connectivity index (χ2v) is 4.94. The van der Waals surface area contributed by atoms with Crippen molar-refractivity contribution in [3.63, 3.8) is 0 Å². The van der Waals surface area contributed by atoms with Gasteiger partial charge in [0.15, 0.2) is 5.78 Å². The molecule has 0 saturated carbocycles. The van der Waals surface area contributed by atoms with Crippen molar-refractivity contribution in [1.82, 2.24) is 0 Å². The van der Waals surface area contributed by atoms with E-state index in [4.69, 9.17) is 10.9 Å². The molecule has 0 heterocycles. The molecule has 16 heavy (non-hydrogen) atoms. The predicted molar refractivity (Wildman–Crippen MR) is 61.4 cm³/mol. The molecule has 0 unspecified atom stereocenters. The van der Waals surface area contributed by atoms with Crippen molar-refractivity contribution in [1.29, 1.82) is 0 Å². The lowest BCUT2D eigenvalue weighted by molar-refractivity contribution is 0.103. The summed E-state index contributed by atoms with van der Waals surface area (Å²) in [6.45, 7) is 4.94. The number of primary sulfonamides is 1. The van der Waals surface area contributed by atoms with Crippen LogP contribution < -0.4 is 10.9 Å². The van der Waals surface area contributed by atoms with Gasteiger partial charge in [-0.3, -0.25) is 4.79 Å². The Kier molecular flexibility index (Phi) is 3.16. The van der Waals surface area contributed by atoms with Crippen LogP contribution in [-0.2, 0) is 10.0 Å². The van der Waals surface area contributed by atoms with Crippen molar-refractivity contribution in [3.8, 4) is 0 Å². The summed E-state index contributed by atoms with van der Waals surface area (Å²) in [4.78, 5) is 11.4. The molecule has 1 aromatic rings. The van der Waals surface area contributed by atoms with Gasteiger partial charge in [-0.05, 0) is 30.7 Å². The van der Waals surface area contributed by atoms with Gasteiger partial charge in [0.1, 0.15) is 0 Å². The zero-order valence-corrected chi connectivity index (χ0v) is 9.54. The third kappa shape index (κ3) is 2.47. The van der Waals surface area contributed by atoms with Crippen LogP contribution in [0.25, 0.3) is 0 Å². The van der Waals surface area contributed by atoms with E-state index in [1.54, 1.807) is 0 Å². The molecule has 86 valence electrons. The van der Waals surface area contributed by atoms with Crippen LogP contribution >= 0.6 is 0 Å². The summed E-state index contributed by atoms with van der Waals surface area (Å²) in [5.41, 5.74) is 5.95. The van der Waals surface area contributed by atoms with E-state index < -0.39 is 15.8 Å². The summed E-state index contributed by atoms with van der Waals surface area (Å²) in [6, 6.07) is 3.85. The summed E-state index contributed by atoms with van der Waals surface area (Å²) in [7, 11) is -3.95. The van der Waals surface area contributed by atoms with Gasteiger partial charge in [-0.1, -0.05) is 6.58 Å². The number of carbonyl (C=O) groups excluding carboxylic acids is 1. The van der Waals surface area contributed by atoms with Gasteiger partial charge in [0, 0.05) is 11.3 Å². The molecule has 1 aromatic carbocycles. The van der Waals surface area contributed by atoms with Crippen molar-refractivity contribution in [3.05, 3.63) is 35.9 Å². The maximum atomic E-state index is 11.7. The minimum Gasteiger partial charge on any atom is -0.399 e. The van der Waals surface area contributed by atoms with Crippen LogP contribution in [0.3, 0.4) is 0 Å². The summed E-state index contributed by atoms with van der Waals surface area (Å²) in [6.07, 6.45) is 0. The van der Waals surface area contributed by atoms with E-state index in [0.717, 1.165) is 0 Å². The number of hydrogen-bond donors (Lipinski definition) is 2. The molecule has 4 N–H and O–H groups in total. The molecule has 0 atom stereocenters. The van der Waals surface area contributed by atoms with Gasteiger partial charge in [0.2, 0.25) is 10.0 Å². The number of carbonyl (C=O) groups is 1. The number of Topliss-reactive ketones (excluding diaryl/α,β-unsaturated/α-hetero) is 1. The molecule has 0 amide bonds. The second-order valence-electron chi connectivity index (χ2n) is 3.41. The van der Waals surface area contributed by atoms with E-state index >= 15 is 0 Å². The van der Waals surface area contributed by atoms with Gasteiger partial charge in [-0.15, -0.1) is 0 Å². The van der Waals surface area contributed by atoms with Gasteiger partial charge in [0.05, 0.1) is 4.90 Å². The van der Waals surface area contributed by atoms with Crippen molar-refractivity contribution in [2.75, 3.05) is 5.73 Å². The highest BCUT2D eigenvalue weighted by molar-refractivity contribution is 7.89. The van der Waals surface area contributed by atoms with E-state index in [1.807, 2.05) is 0 Å². The summed E-state index contributed by atoms with van der Waals surface area (Å²) in [5, 5.41) is 5.00. The van der Waals surface area contributed by atoms with E-state index in [9.17, 15) is 13.2 Å². The fraction of sp³-hybridized carbons (Fsp3) is 0.100. The smallest absolute Gasteiger partial charge is 0.238 e. The molecule has 0 radical (unpaired) electrons. The molecule has 0 aromatic heterocycles. The first-order valence-corrected chi connectivity index (χ1v) is 5.90. The van der Waals surface area contributed by atoms with E-state index in [0.29, 0.717) is 0 Å². The first-order chi connectivity index (χ1) is 7.23. The van der Waals surface area contributed by atoms with Gasteiger partial charge in [0.25, 0.3) is 0 Å². The molecule has 0 aliphatic carbocycles. The van der Waals surface area contributed by atoms with Crippen molar-refractivity contribution < 1.29 is 13.2 Å². The van der Waals surface area contributed by atoms with Crippen molar-refractivity contribution in [2.24, 2.45) is 5.14 Å². The quantitative estimate of drug-likeness (QED) is 0.460. The molecule has 0 saturated heterocycles. The Morgan fingerprint density at radius 3 is 2.38 bits per heavy atom. The third-order valence-corrected chi connectivity index (χ3v) is 2.91. The van der Waals surface area contributed by atoms with Crippen LogP contribution in [-0.4, -0.2) is 14.2 Å². The Balaban J connectivity index is 3.53. The van der Waals surface area contributed by atoms with Crippen molar-refractivity contribution >= 4 is 21.5 Å². The maximum absolute atomic E-state index is 11.7. The highest BCUT2D eigenvalue weighted by atomic mass is 32.2. The van der Waals surface area contributed by atoms with E-state index in [1.165, 1.54) is 25.1 Å². The highest BCUT2D eigenvalue weighted by Gasteiger charge is 2.19. The first-order valence-electron chi connectivity index (χ1n) is 4.36. The average molecular weight is 240 g/mol. The normalized spacial score (nSPS) is 11.1. The fourth-order valence-corrected chi connectivity index (χ4v) is 1.92. The Morgan fingerprint density at radius 1 is 1.38 bits per heavy atom. The lowest BCUT2D eigenvalue weighted by Crippen LogP contribution is -2.17. The average Bonchev–Trinajstić information content (AvgIpc) is 2.14. The van der Waals surface area contributed by atoms with Crippen LogP contribution in [0.2, 0.25) is 0 Å². The third-order valence-electron chi connectivity index (χ3n) is 1.94. The Morgan fingerprint density at radius 2 is 1.94 bits per heavy atom. The summed E-state index contributed by atoms with van der Waals surface area (Å²) >= 11 is 0. The van der Waals surface area contributed by atoms with Crippen LogP contribution in [0.15, 0.2) is 35.2 Å². The number of nitrogens with two attached hydrogens (primary N) is 2. The first kappa shape index (κ1) is 12.4. The number of nitrogen functional groups attached to an aromatic ring is 1. The molecule has 0 spiro atoms. The van der Waals surface area contributed by atoms with Gasteiger partial charge in [-0.25, -0.2) is 13.6 Å². The SMILES string of the molecule is C=C(C)C(=O)c1cc(N)ccc1S(N)(=O)=O.